The van der Waals surface area contributed by atoms with E-state index in [1.165, 1.54) is 6.42 Å². The van der Waals surface area contributed by atoms with Gasteiger partial charge in [-0.05, 0) is 61.9 Å². The van der Waals surface area contributed by atoms with Crippen LogP contribution in [0.3, 0.4) is 0 Å². The summed E-state index contributed by atoms with van der Waals surface area (Å²) >= 11 is 0. The summed E-state index contributed by atoms with van der Waals surface area (Å²) in [6.07, 6.45) is 9.07. The number of hydrogen-bond donors (Lipinski definition) is 3. The average Bonchev–Trinajstić information content (AvgIpc) is 3.20. The molecule has 1 fully saturated rings. The maximum atomic E-state index is 11.1. The number of carbonyl (C=O) groups is 1. The van der Waals surface area contributed by atoms with E-state index in [0.29, 0.717) is 17.1 Å². The number of rotatable bonds is 8. The van der Waals surface area contributed by atoms with Crippen LogP contribution in [0.5, 0.6) is 0 Å². The van der Waals surface area contributed by atoms with E-state index in [0.717, 1.165) is 46.3 Å². The van der Waals surface area contributed by atoms with E-state index in [2.05, 4.69) is 16.8 Å². The van der Waals surface area contributed by atoms with Gasteiger partial charge in [0.2, 0.25) is 0 Å². The number of fused-ring (bicyclic) bond motifs is 1. The first-order valence-corrected chi connectivity index (χ1v) is 12.5. The van der Waals surface area contributed by atoms with Gasteiger partial charge < -0.3 is 20.2 Å². The topological polar surface area (TPSA) is 112 Å². The fourth-order valence-corrected chi connectivity index (χ4v) is 5.30. The van der Waals surface area contributed by atoms with Crippen LogP contribution in [0.15, 0.2) is 72.9 Å². The number of carboxylic acid groups (broad SMARTS) is 1. The van der Waals surface area contributed by atoms with Gasteiger partial charge in [0, 0.05) is 41.0 Å². The maximum Gasteiger partial charge on any atom is 0.307 e. The molecule has 37 heavy (non-hydrogen) atoms. The van der Waals surface area contributed by atoms with Crippen LogP contribution in [0, 0.1) is 11.3 Å². The lowest BCUT2D eigenvalue weighted by Crippen LogP contribution is -2.26. The molecule has 0 aliphatic heterocycles. The summed E-state index contributed by atoms with van der Waals surface area (Å²) in [6.45, 7) is 3.25. The number of pyridine rings is 2. The van der Waals surface area contributed by atoms with Crippen molar-refractivity contribution in [2.24, 2.45) is 5.92 Å². The van der Waals surface area contributed by atoms with E-state index in [-0.39, 0.29) is 23.9 Å². The van der Waals surface area contributed by atoms with Crippen LogP contribution in [0.25, 0.3) is 27.7 Å². The monoisotopic (exact) mass is 494 g/mol. The third kappa shape index (κ3) is 4.77. The molecule has 3 heterocycles. The molecular formula is C30H30N4O3. The van der Waals surface area contributed by atoms with Crippen molar-refractivity contribution in [1.29, 1.82) is 5.41 Å². The number of benzene rings is 1. The number of aliphatic hydroxyl groups excluding tert-OH is 1. The third-order valence-electron chi connectivity index (χ3n) is 7.20. The van der Waals surface area contributed by atoms with Gasteiger partial charge in [-0.3, -0.25) is 14.8 Å². The third-order valence-corrected chi connectivity index (χ3v) is 7.20. The van der Waals surface area contributed by atoms with Gasteiger partial charge in [0.05, 0.1) is 34.9 Å². The lowest BCUT2D eigenvalue weighted by molar-refractivity contribution is -0.136. The van der Waals surface area contributed by atoms with Crippen molar-refractivity contribution < 1.29 is 15.0 Å². The van der Waals surface area contributed by atoms with Crippen LogP contribution >= 0.6 is 0 Å². The molecule has 1 atom stereocenters. The van der Waals surface area contributed by atoms with Crippen molar-refractivity contribution in [3.8, 4) is 11.1 Å². The quantitative estimate of drug-likeness (QED) is 0.193. The summed E-state index contributed by atoms with van der Waals surface area (Å²) < 4.78 is 2.25. The van der Waals surface area contributed by atoms with Gasteiger partial charge in [-0.2, -0.15) is 0 Å². The van der Waals surface area contributed by atoms with Gasteiger partial charge >= 0.3 is 5.97 Å². The van der Waals surface area contributed by atoms with Crippen LogP contribution in [-0.4, -0.2) is 36.4 Å². The standard InChI is InChI=1S/C30H30N4O3/c1-18(31)28(19(2)35)23-15-26-29(33-16-23)24(21-11-9-20(10-12-21)14-27(36)37)17-34(26)30(22-6-5-7-22)25-8-3-4-13-32-25/h3-4,8-13,15-17,22,30-31,35H,5-7,14H2,1-2H3,(H,36,37)/b28-19+,31-18?. The van der Waals surface area contributed by atoms with E-state index in [1.807, 2.05) is 48.7 Å². The lowest BCUT2D eigenvalue weighted by Gasteiger charge is -2.35. The second-order valence-electron chi connectivity index (χ2n) is 9.79. The zero-order chi connectivity index (χ0) is 26.1. The van der Waals surface area contributed by atoms with Crippen LogP contribution in [0.4, 0.5) is 0 Å². The Labute approximate surface area is 215 Å². The Hall–Kier alpha value is -4.26. The minimum atomic E-state index is -0.859. The largest absolute Gasteiger partial charge is 0.512 e. The Morgan fingerprint density at radius 3 is 2.43 bits per heavy atom. The number of hydrogen-bond acceptors (Lipinski definition) is 5. The SMILES string of the molecule is CC(=N)/C(=C(/C)O)c1cnc2c(-c3ccc(CC(=O)O)cc3)cn(C(c3ccccn3)C3CCC3)c2c1. The molecule has 1 aromatic carbocycles. The van der Waals surface area contributed by atoms with Crippen molar-refractivity contribution in [2.75, 3.05) is 0 Å². The highest BCUT2D eigenvalue weighted by molar-refractivity contribution is 6.22. The van der Waals surface area contributed by atoms with Crippen LogP contribution in [0.2, 0.25) is 0 Å². The Kier molecular flexibility index (Phi) is 6.61. The molecule has 5 rings (SSSR count). The number of carboxylic acids is 1. The summed E-state index contributed by atoms with van der Waals surface area (Å²) in [4.78, 5) is 20.7. The predicted molar refractivity (Wildman–Crippen MR) is 145 cm³/mol. The smallest absolute Gasteiger partial charge is 0.307 e. The first kappa shape index (κ1) is 24.4. The van der Waals surface area contributed by atoms with Crippen molar-refractivity contribution in [2.45, 2.75) is 45.6 Å². The van der Waals surface area contributed by atoms with Crippen molar-refractivity contribution in [3.05, 3.63) is 89.7 Å². The Morgan fingerprint density at radius 1 is 1.11 bits per heavy atom. The number of aromatic nitrogens is 3. The molecule has 7 nitrogen and oxygen atoms in total. The number of aliphatic carboxylic acids is 1. The van der Waals surface area contributed by atoms with Crippen molar-refractivity contribution in [3.63, 3.8) is 0 Å². The number of nitrogens with zero attached hydrogens (tertiary/aromatic N) is 3. The van der Waals surface area contributed by atoms with E-state index >= 15 is 0 Å². The molecular weight excluding hydrogens is 464 g/mol. The zero-order valence-corrected chi connectivity index (χ0v) is 21.0. The molecule has 1 unspecified atom stereocenters. The molecule has 3 aromatic heterocycles. The summed E-state index contributed by atoms with van der Waals surface area (Å²) in [6, 6.07) is 15.6. The van der Waals surface area contributed by atoms with Gasteiger partial charge in [-0.1, -0.05) is 36.8 Å². The highest BCUT2D eigenvalue weighted by atomic mass is 16.4. The van der Waals surface area contributed by atoms with Crippen molar-refractivity contribution >= 4 is 28.3 Å². The summed E-state index contributed by atoms with van der Waals surface area (Å²) in [5.41, 5.74) is 6.79. The molecule has 1 saturated carbocycles. The first-order valence-electron chi connectivity index (χ1n) is 12.5. The summed E-state index contributed by atoms with van der Waals surface area (Å²) in [7, 11) is 0. The molecule has 1 aliphatic rings. The van der Waals surface area contributed by atoms with E-state index < -0.39 is 5.97 Å². The van der Waals surface area contributed by atoms with Gasteiger partial charge in [0.25, 0.3) is 0 Å². The van der Waals surface area contributed by atoms with E-state index in [9.17, 15) is 9.90 Å². The maximum absolute atomic E-state index is 11.1. The van der Waals surface area contributed by atoms with E-state index in [4.69, 9.17) is 20.5 Å². The normalized spacial score (nSPS) is 15.2. The highest BCUT2D eigenvalue weighted by Gasteiger charge is 2.32. The minimum Gasteiger partial charge on any atom is -0.512 e. The summed E-state index contributed by atoms with van der Waals surface area (Å²) in [5.74, 6) is -0.331. The molecule has 0 spiro atoms. The molecule has 0 amide bonds. The Bertz CT molecular complexity index is 1500. The zero-order valence-electron chi connectivity index (χ0n) is 21.0. The second-order valence-corrected chi connectivity index (χ2v) is 9.79. The Morgan fingerprint density at radius 2 is 1.86 bits per heavy atom. The van der Waals surface area contributed by atoms with E-state index in [1.54, 1.807) is 20.0 Å². The highest BCUT2D eigenvalue weighted by Crippen LogP contribution is 2.43. The van der Waals surface area contributed by atoms with Crippen LogP contribution in [0.1, 0.15) is 56.0 Å². The number of allylic oxidation sites excluding steroid dienone is 2. The molecule has 7 heteroatoms. The predicted octanol–water partition coefficient (Wildman–Crippen LogP) is 6.44. The van der Waals surface area contributed by atoms with Crippen LogP contribution < -0.4 is 0 Å². The van der Waals surface area contributed by atoms with Gasteiger partial charge in [-0.25, -0.2) is 0 Å². The first-order chi connectivity index (χ1) is 17.8. The molecule has 0 saturated heterocycles. The number of aliphatic hydroxyl groups is 1. The molecule has 1 aliphatic carbocycles. The fourth-order valence-electron chi connectivity index (χ4n) is 5.30. The minimum absolute atomic E-state index is 0.0221. The average molecular weight is 495 g/mol. The fraction of sp³-hybridized carbons (Fsp3) is 0.267. The molecule has 188 valence electrons. The van der Waals surface area contributed by atoms with Crippen molar-refractivity contribution in [1.82, 2.24) is 14.5 Å². The molecule has 4 aromatic rings. The van der Waals surface area contributed by atoms with Crippen LogP contribution in [-0.2, 0) is 11.2 Å². The molecule has 0 radical (unpaired) electrons. The number of nitrogens with one attached hydrogen (secondary N) is 1. The molecule has 3 N–H and O–H groups in total. The second kappa shape index (κ2) is 10.0. The molecule has 0 bridgehead atoms. The summed E-state index contributed by atoms with van der Waals surface area (Å²) in [5, 5.41) is 27.7. The Balaban J connectivity index is 1.73. The van der Waals surface area contributed by atoms with Gasteiger partial charge in [0.1, 0.15) is 0 Å². The lowest BCUT2D eigenvalue weighted by atomic mass is 9.78. The van der Waals surface area contributed by atoms with Gasteiger partial charge in [0.15, 0.2) is 0 Å². The van der Waals surface area contributed by atoms with Gasteiger partial charge in [-0.15, -0.1) is 0 Å².